The Kier molecular flexibility index (Phi) is 6.79. The predicted molar refractivity (Wildman–Crippen MR) is 191 cm³/mol. The van der Waals surface area contributed by atoms with Gasteiger partial charge in [-0.1, -0.05) is 88.4 Å². The third-order valence-corrected chi connectivity index (χ3v) is 9.06. The highest BCUT2D eigenvalue weighted by Crippen LogP contribution is 2.43. The molecule has 0 fully saturated rings. The van der Waals surface area contributed by atoms with E-state index in [0.717, 1.165) is 55.5 Å². The van der Waals surface area contributed by atoms with Crippen molar-refractivity contribution >= 4 is 33.0 Å². The molecule has 0 saturated carbocycles. The summed E-state index contributed by atoms with van der Waals surface area (Å²) >= 11 is 0. The number of furan rings is 1. The summed E-state index contributed by atoms with van der Waals surface area (Å²) in [4.78, 5) is 9.51. The first-order chi connectivity index (χ1) is 22.5. The summed E-state index contributed by atoms with van der Waals surface area (Å²) in [6.07, 6.45) is 3.65. The molecule has 46 heavy (non-hydrogen) atoms. The van der Waals surface area contributed by atoms with Gasteiger partial charge >= 0.3 is 0 Å². The van der Waals surface area contributed by atoms with Crippen molar-refractivity contribution in [3.63, 3.8) is 0 Å². The van der Waals surface area contributed by atoms with Crippen LogP contribution in [0.1, 0.15) is 50.7 Å². The van der Waals surface area contributed by atoms with Crippen molar-refractivity contribution in [2.75, 3.05) is 0 Å². The Morgan fingerprint density at radius 1 is 0.587 bits per heavy atom. The molecule has 0 spiro atoms. The van der Waals surface area contributed by atoms with Gasteiger partial charge in [0.15, 0.2) is 0 Å². The van der Waals surface area contributed by atoms with Crippen molar-refractivity contribution in [1.82, 2.24) is 14.5 Å². The van der Waals surface area contributed by atoms with E-state index in [2.05, 4.69) is 140 Å². The lowest BCUT2D eigenvalue weighted by Gasteiger charge is -2.24. The van der Waals surface area contributed by atoms with E-state index in [-0.39, 0.29) is 0 Å². The standard InChI is InChI=1S/C42H35N3O/c1-26(2)35-23-31(28-11-6-5-7-12-28)24-36(27(3)4)40(35)45-38-16-9-8-15-37(38)44-42(45)34-14-10-13-33-32-18-17-30(25-39(32)46-41(33)34)29-19-21-43-22-20-29/h5-27H,1-4H3. The molecular weight excluding hydrogens is 562 g/mol. The molecule has 8 aromatic rings. The van der Waals surface area contributed by atoms with Crippen molar-refractivity contribution in [2.45, 2.75) is 39.5 Å². The maximum absolute atomic E-state index is 6.75. The molecule has 4 heteroatoms. The van der Waals surface area contributed by atoms with Crippen molar-refractivity contribution in [1.29, 1.82) is 0 Å². The van der Waals surface area contributed by atoms with Crippen LogP contribution >= 0.6 is 0 Å². The van der Waals surface area contributed by atoms with Crippen LogP contribution in [0.2, 0.25) is 0 Å². The molecule has 5 aromatic carbocycles. The Balaban J connectivity index is 1.42. The second kappa shape index (κ2) is 11.1. The monoisotopic (exact) mass is 597 g/mol. The molecule has 8 rings (SSSR count). The molecule has 3 heterocycles. The fourth-order valence-corrected chi connectivity index (χ4v) is 6.75. The molecule has 0 aliphatic heterocycles. The maximum Gasteiger partial charge on any atom is 0.149 e. The molecule has 3 aromatic heterocycles. The number of imidazole rings is 1. The lowest BCUT2D eigenvalue weighted by Crippen LogP contribution is -2.09. The molecule has 0 atom stereocenters. The molecule has 0 aliphatic carbocycles. The van der Waals surface area contributed by atoms with E-state index >= 15 is 0 Å². The number of rotatable bonds is 6. The topological polar surface area (TPSA) is 43.9 Å². The van der Waals surface area contributed by atoms with E-state index in [1.807, 2.05) is 24.5 Å². The molecule has 0 radical (unpaired) electrons. The van der Waals surface area contributed by atoms with E-state index in [0.29, 0.717) is 11.8 Å². The zero-order valence-corrected chi connectivity index (χ0v) is 26.5. The third-order valence-electron chi connectivity index (χ3n) is 9.06. The fourth-order valence-electron chi connectivity index (χ4n) is 6.75. The fraction of sp³-hybridized carbons (Fsp3) is 0.143. The third kappa shape index (κ3) is 4.60. The number of pyridine rings is 1. The van der Waals surface area contributed by atoms with Crippen LogP contribution in [0.25, 0.3) is 72.3 Å². The van der Waals surface area contributed by atoms with E-state index in [9.17, 15) is 0 Å². The molecule has 4 nitrogen and oxygen atoms in total. The van der Waals surface area contributed by atoms with Crippen molar-refractivity contribution < 1.29 is 4.42 Å². The summed E-state index contributed by atoms with van der Waals surface area (Å²) in [7, 11) is 0. The van der Waals surface area contributed by atoms with Gasteiger partial charge in [-0.2, -0.15) is 0 Å². The van der Waals surface area contributed by atoms with Crippen molar-refractivity contribution in [3.05, 3.63) is 139 Å². The smallest absolute Gasteiger partial charge is 0.149 e. The second-order valence-electron chi connectivity index (χ2n) is 12.7. The van der Waals surface area contributed by atoms with E-state index < -0.39 is 0 Å². The molecule has 0 unspecified atom stereocenters. The average molecular weight is 598 g/mol. The number of nitrogens with zero attached hydrogens (tertiary/aromatic N) is 3. The Morgan fingerprint density at radius 3 is 2.02 bits per heavy atom. The molecular formula is C42H35N3O. The summed E-state index contributed by atoms with van der Waals surface area (Å²) in [5.41, 5.74) is 13.2. The zero-order valence-electron chi connectivity index (χ0n) is 26.5. The quantitative estimate of drug-likeness (QED) is 0.191. The predicted octanol–water partition coefficient (Wildman–Crippen LogP) is 11.6. The minimum Gasteiger partial charge on any atom is -0.455 e. The number of fused-ring (bicyclic) bond motifs is 4. The highest BCUT2D eigenvalue weighted by Gasteiger charge is 2.25. The van der Waals surface area contributed by atoms with Crippen LogP contribution in [0, 0.1) is 0 Å². The number of para-hydroxylation sites is 3. The number of benzene rings is 5. The first-order valence-corrected chi connectivity index (χ1v) is 16.0. The van der Waals surface area contributed by atoms with Gasteiger partial charge in [0, 0.05) is 23.2 Å². The van der Waals surface area contributed by atoms with Crippen molar-refractivity contribution in [3.8, 4) is 39.3 Å². The Morgan fingerprint density at radius 2 is 1.28 bits per heavy atom. The van der Waals surface area contributed by atoms with Gasteiger partial charge in [0.2, 0.25) is 0 Å². The van der Waals surface area contributed by atoms with Gasteiger partial charge in [0.25, 0.3) is 0 Å². The molecule has 0 amide bonds. The van der Waals surface area contributed by atoms with Gasteiger partial charge in [-0.15, -0.1) is 0 Å². The van der Waals surface area contributed by atoms with Gasteiger partial charge in [-0.25, -0.2) is 4.98 Å². The molecule has 0 saturated heterocycles. The normalized spacial score (nSPS) is 11.9. The Bertz CT molecular complexity index is 2330. The van der Waals surface area contributed by atoms with Gasteiger partial charge in [0.05, 0.1) is 22.3 Å². The number of aromatic nitrogens is 3. The lowest BCUT2D eigenvalue weighted by atomic mass is 9.88. The summed E-state index contributed by atoms with van der Waals surface area (Å²) in [5, 5.41) is 2.18. The van der Waals surface area contributed by atoms with Crippen LogP contribution < -0.4 is 0 Å². The van der Waals surface area contributed by atoms with Crippen LogP contribution in [-0.2, 0) is 0 Å². The van der Waals surface area contributed by atoms with Gasteiger partial charge < -0.3 is 4.42 Å². The van der Waals surface area contributed by atoms with Crippen LogP contribution in [0.4, 0.5) is 0 Å². The van der Waals surface area contributed by atoms with Crippen LogP contribution in [0.3, 0.4) is 0 Å². The van der Waals surface area contributed by atoms with Crippen molar-refractivity contribution in [2.24, 2.45) is 0 Å². The van der Waals surface area contributed by atoms with Gasteiger partial charge in [0.1, 0.15) is 17.0 Å². The SMILES string of the molecule is CC(C)c1cc(-c2ccccc2)cc(C(C)C)c1-n1c(-c2cccc3c2oc2cc(-c4ccncc4)ccc23)nc2ccccc21. The van der Waals surface area contributed by atoms with Crippen LogP contribution in [0.15, 0.2) is 132 Å². The van der Waals surface area contributed by atoms with E-state index in [1.54, 1.807) is 0 Å². The Labute approximate surface area is 269 Å². The van der Waals surface area contributed by atoms with Crippen LogP contribution in [0.5, 0.6) is 0 Å². The lowest BCUT2D eigenvalue weighted by molar-refractivity contribution is 0.669. The first-order valence-electron chi connectivity index (χ1n) is 16.0. The summed E-state index contributed by atoms with van der Waals surface area (Å²) < 4.78 is 9.14. The first kappa shape index (κ1) is 28.0. The maximum atomic E-state index is 6.75. The summed E-state index contributed by atoms with van der Waals surface area (Å²) in [6.45, 7) is 9.15. The molecule has 0 bridgehead atoms. The minimum atomic E-state index is 0.291. The minimum absolute atomic E-state index is 0.291. The second-order valence-corrected chi connectivity index (χ2v) is 12.7. The highest BCUT2D eigenvalue weighted by atomic mass is 16.3. The van der Waals surface area contributed by atoms with Gasteiger partial charge in [-0.05, 0) is 99.8 Å². The van der Waals surface area contributed by atoms with Gasteiger partial charge in [-0.3, -0.25) is 9.55 Å². The highest BCUT2D eigenvalue weighted by molar-refractivity contribution is 6.10. The average Bonchev–Trinajstić information content (AvgIpc) is 3.66. The molecule has 224 valence electrons. The zero-order chi connectivity index (χ0) is 31.4. The summed E-state index contributed by atoms with van der Waals surface area (Å²) in [5.74, 6) is 1.47. The van der Waals surface area contributed by atoms with E-state index in [1.165, 1.54) is 27.9 Å². The molecule has 0 aliphatic rings. The number of hydrogen-bond acceptors (Lipinski definition) is 3. The summed E-state index contributed by atoms with van der Waals surface area (Å²) in [6, 6.07) is 40.9. The Hall–Kier alpha value is -5.48. The number of hydrogen-bond donors (Lipinski definition) is 0. The van der Waals surface area contributed by atoms with E-state index in [4.69, 9.17) is 9.40 Å². The molecule has 0 N–H and O–H groups in total. The largest absolute Gasteiger partial charge is 0.455 e. The van der Waals surface area contributed by atoms with Crippen LogP contribution in [-0.4, -0.2) is 14.5 Å².